The fourth-order valence-corrected chi connectivity index (χ4v) is 5.08. The van der Waals surface area contributed by atoms with E-state index in [9.17, 15) is 4.79 Å². The summed E-state index contributed by atoms with van der Waals surface area (Å²) in [6.07, 6.45) is 8.98. The Morgan fingerprint density at radius 3 is 2.62 bits per heavy atom. The normalized spacial score (nSPS) is 17.0. The Bertz CT molecular complexity index is 1010. The lowest BCUT2D eigenvalue weighted by Crippen LogP contribution is -2.50. The number of halogens is 2. The average Bonchev–Trinajstić information content (AvgIpc) is 2.86. The molecule has 1 atom stereocenters. The molecule has 1 amide bonds. The van der Waals surface area contributed by atoms with Crippen LogP contribution in [-0.4, -0.2) is 43.7 Å². The summed E-state index contributed by atoms with van der Waals surface area (Å²) in [7, 11) is 1.06. The molecule has 7 heteroatoms. The van der Waals surface area contributed by atoms with Gasteiger partial charge in [-0.25, -0.2) is 0 Å². The molecule has 4 nitrogen and oxygen atoms in total. The molecule has 1 aliphatic heterocycles. The van der Waals surface area contributed by atoms with Crippen LogP contribution in [0.25, 0.3) is 0 Å². The van der Waals surface area contributed by atoms with Crippen molar-refractivity contribution in [2.24, 2.45) is 0 Å². The zero-order chi connectivity index (χ0) is 24.3. The van der Waals surface area contributed by atoms with E-state index in [2.05, 4.69) is 17.5 Å². The van der Waals surface area contributed by atoms with Gasteiger partial charge in [-0.2, -0.15) is 0 Å². The van der Waals surface area contributed by atoms with Gasteiger partial charge in [-0.3, -0.25) is 4.79 Å². The van der Waals surface area contributed by atoms with Crippen molar-refractivity contribution in [2.45, 2.75) is 25.8 Å². The summed E-state index contributed by atoms with van der Waals surface area (Å²) in [6.45, 7) is 8.90. The molecule has 2 aromatic rings. The largest absolute Gasteiger partial charge is 0.377 e. The molecule has 0 spiro atoms. The van der Waals surface area contributed by atoms with Gasteiger partial charge in [-0.1, -0.05) is 59.6 Å². The van der Waals surface area contributed by atoms with Crippen LogP contribution in [0.1, 0.15) is 31.4 Å². The van der Waals surface area contributed by atoms with Crippen LogP contribution < -0.4 is 4.90 Å². The summed E-state index contributed by atoms with van der Waals surface area (Å²) in [5.41, 5.74) is 3.32. The zero-order valence-electron chi connectivity index (χ0n) is 19.5. The van der Waals surface area contributed by atoms with Gasteiger partial charge < -0.3 is 14.5 Å². The van der Waals surface area contributed by atoms with Crippen molar-refractivity contribution >= 4 is 42.7 Å². The van der Waals surface area contributed by atoms with Gasteiger partial charge >= 0.3 is 0 Å². The molecule has 34 heavy (non-hydrogen) atoms. The summed E-state index contributed by atoms with van der Waals surface area (Å²) < 4.78 is 5.52. The maximum Gasteiger partial charge on any atom is 0.227 e. The summed E-state index contributed by atoms with van der Waals surface area (Å²) in [5.74, 6) is 2.13. The first kappa shape index (κ1) is 26.5. The van der Waals surface area contributed by atoms with Gasteiger partial charge in [0.2, 0.25) is 5.91 Å². The van der Waals surface area contributed by atoms with E-state index in [0.717, 1.165) is 37.3 Å². The van der Waals surface area contributed by atoms with Crippen LogP contribution in [0, 0.1) is 0 Å². The van der Waals surface area contributed by atoms with Gasteiger partial charge in [-0.15, -0.1) is 6.58 Å². The third kappa shape index (κ3) is 7.71. The first-order valence-corrected chi connectivity index (χ1v) is 13.2. The van der Waals surface area contributed by atoms with Crippen LogP contribution in [0.2, 0.25) is 10.0 Å². The van der Waals surface area contributed by atoms with Crippen molar-refractivity contribution in [3.05, 3.63) is 94.3 Å². The number of rotatable bonds is 10. The van der Waals surface area contributed by atoms with Crippen LogP contribution >= 0.6 is 31.4 Å². The van der Waals surface area contributed by atoms with E-state index in [4.69, 9.17) is 27.9 Å². The van der Waals surface area contributed by atoms with Crippen molar-refractivity contribution in [1.82, 2.24) is 4.90 Å². The van der Waals surface area contributed by atoms with E-state index in [-0.39, 0.29) is 11.9 Å². The van der Waals surface area contributed by atoms with Crippen molar-refractivity contribution in [3.8, 4) is 0 Å². The van der Waals surface area contributed by atoms with E-state index in [1.165, 1.54) is 5.42 Å². The van der Waals surface area contributed by atoms with E-state index in [1.807, 2.05) is 72.3 Å². The number of ether oxygens (including phenoxy) is 1. The standard InChI is InChI=1S/C27H31Cl2N2O2P/c1-3-5-16-33-17-6-7-21(4-2)18-26(32)30-14-15-31(27-13-12-24(29)20-34-27)25(19-30)22-8-10-23(28)11-9-22/h3-4,6-13,20,25H,1,5,14-19H2,2H3/b7-6-,21-4+. The van der Waals surface area contributed by atoms with E-state index < -0.39 is 0 Å². The van der Waals surface area contributed by atoms with Crippen molar-refractivity contribution in [1.29, 1.82) is 0 Å². The van der Waals surface area contributed by atoms with Gasteiger partial charge in [0, 0.05) is 29.7 Å². The molecule has 3 rings (SSSR count). The molecular weight excluding hydrogens is 486 g/mol. The van der Waals surface area contributed by atoms with Gasteiger partial charge in [0.25, 0.3) is 0 Å². The quantitative estimate of drug-likeness (QED) is 0.187. The molecule has 1 saturated heterocycles. The number of carbonyl (C=O) groups is 1. The van der Waals surface area contributed by atoms with Crippen molar-refractivity contribution in [2.75, 3.05) is 37.7 Å². The number of benzene rings is 1. The first-order chi connectivity index (χ1) is 16.5. The number of piperazine rings is 1. The number of carbonyl (C=O) groups excluding carboxylic acids is 1. The Morgan fingerprint density at radius 1 is 1.18 bits per heavy atom. The molecule has 0 saturated carbocycles. The fourth-order valence-electron chi connectivity index (χ4n) is 3.85. The highest BCUT2D eigenvalue weighted by Crippen LogP contribution is 2.37. The third-order valence-electron chi connectivity index (χ3n) is 5.73. The Kier molecular flexibility index (Phi) is 10.7. The van der Waals surface area contributed by atoms with Gasteiger partial charge in [0.05, 0.1) is 31.1 Å². The zero-order valence-corrected chi connectivity index (χ0v) is 21.9. The highest BCUT2D eigenvalue weighted by atomic mass is 35.5. The van der Waals surface area contributed by atoms with E-state index in [0.29, 0.717) is 37.7 Å². The molecule has 0 N–H and O–H groups in total. The highest BCUT2D eigenvalue weighted by molar-refractivity contribution is 7.33. The number of hydrogen-bond acceptors (Lipinski definition) is 3. The number of anilines is 1. The molecule has 1 aliphatic rings. The molecule has 1 aromatic heterocycles. The summed E-state index contributed by atoms with van der Waals surface area (Å²) in [5, 5.41) is 1.45. The smallest absolute Gasteiger partial charge is 0.227 e. The van der Waals surface area contributed by atoms with Crippen LogP contribution in [0.5, 0.6) is 0 Å². The Hall–Kier alpha value is -2.10. The summed E-state index contributed by atoms with van der Waals surface area (Å²) in [6, 6.07) is 12.0. The van der Waals surface area contributed by atoms with E-state index >= 15 is 0 Å². The highest BCUT2D eigenvalue weighted by Gasteiger charge is 2.31. The fraction of sp³-hybridized carbons (Fsp3) is 0.333. The molecule has 1 unspecified atom stereocenters. The molecular formula is C27H31Cl2N2O2P. The van der Waals surface area contributed by atoms with Gasteiger partial charge in [0.15, 0.2) is 0 Å². The van der Waals surface area contributed by atoms with Crippen molar-refractivity contribution < 1.29 is 9.53 Å². The minimum Gasteiger partial charge on any atom is -0.377 e. The molecule has 1 fully saturated rings. The molecule has 1 aromatic carbocycles. The summed E-state index contributed by atoms with van der Waals surface area (Å²) >= 11 is 12.3. The third-order valence-corrected chi connectivity index (χ3v) is 7.45. The van der Waals surface area contributed by atoms with Gasteiger partial charge in [-0.05, 0) is 62.7 Å². The van der Waals surface area contributed by atoms with Crippen LogP contribution in [0.3, 0.4) is 0 Å². The molecule has 0 aliphatic carbocycles. The molecule has 0 radical (unpaired) electrons. The Balaban J connectivity index is 1.69. The second kappa shape index (κ2) is 13.7. The minimum atomic E-state index is 0.0512. The maximum absolute atomic E-state index is 13.2. The lowest BCUT2D eigenvalue weighted by atomic mass is 10.0. The summed E-state index contributed by atoms with van der Waals surface area (Å²) in [4.78, 5) is 17.6. The van der Waals surface area contributed by atoms with Gasteiger partial charge in [0.1, 0.15) is 0 Å². The molecule has 2 heterocycles. The molecule has 180 valence electrons. The second-order valence-electron chi connectivity index (χ2n) is 8.03. The Morgan fingerprint density at radius 2 is 1.94 bits per heavy atom. The lowest BCUT2D eigenvalue weighted by Gasteiger charge is -2.43. The minimum absolute atomic E-state index is 0.0512. The first-order valence-electron chi connectivity index (χ1n) is 11.4. The lowest BCUT2D eigenvalue weighted by molar-refractivity contribution is -0.131. The molecule has 0 bridgehead atoms. The number of allylic oxidation sites excluding steroid dienone is 2. The second-order valence-corrected chi connectivity index (χ2v) is 9.88. The van der Waals surface area contributed by atoms with E-state index in [1.54, 1.807) is 0 Å². The monoisotopic (exact) mass is 516 g/mol. The van der Waals surface area contributed by atoms with Crippen LogP contribution in [-0.2, 0) is 9.53 Å². The average molecular weight is 517 g/mol. The number of hydrogen-bond donors (Lipinski definition) is 0. The predicted octanol–water partition coefficient (Wildman–Crippen LogP) is 7.45. The van der Waals surface area contributed by atoms with Crippen molar-refractivity contribution in [3.63, 3.8) is 0 Å². The Labute approximate surface area is 214 Å². The van der Waals surface area contributed by atoms with Crippen LogP contribution in [0.4, 0.5) is 5.42 Å². The van der Waals surface area contributed by atoms with Crippen LogP contribution in [0.15, 0.2) is 78.7 Å². The predicted molar refractivity (Wildman–Crippen MR) is 145 cm³/mol. The maximum atomic E-state index is 13.2. The number of nitrogens with zero attached hydrogens (tertiary/aromatic N) is 2. The number of amides is 1. The topological polar surface area (TPSA) is 32.8 Å². The SMILES string of the molecule is C=CCCOC/C=C\C(=C/C)CC(=O)N1CCN(c2ccc(Cl)cp2)C(c2ccc(Cl)cc2)C1.